The summed E-state index contributed by atoms with van der Waals surface area (Å²) in [5, 5.41) is 6.29. The Morgan fingerprint density at radius 2 is 1.77 bits per heavy atom. The molecule has 13 nitrogen and oxygen atoms in total. The minimum Gasteiger partial charge on any atom is -0.368 e. The maximum Gasteiger partial charge on any atom is 0.263 e. The molecule has 4 aromatic rings. The van der Waals surface area contributed by atoms with Crippen molar-refractivity contribution >= 4 is 46.1 Å². The van der Waals surface area contributed by atoms with Crippen molar-refractivity contribution in [1.82, 2.24) is 34.6 Å². The molecule has 2 saturated heterocycles. The lowest BCUT2D eigenvalue weighted by Crippen LogP contribution is -2.50. The summed E-state index contributed by atoms with van der Waals surface area (Å²) < 4.78 is 17.4. The molecule has 270 valence electrons. The Hall–Kier alpha value is -5.08. The van der Waals surface area contributed by atoms with Crippen LogP contribution < -0.4 is 21.1 Å². The van der Waals surface area contributed by atoms with Gasteiger partial charge in [-0.25, -0.2) is 14.4 Å². The summed E-state index contributed by atoms with van der Waals surface area (Å²) in [5.74, 6) is -0.106. The quantitative estimate of drug-likeness (QED) is 0.201. The fourth-order valence-electron chi connectivity index (χ4n) is 8.36. The number of rotatable bonds is 8. The van der Waals surface area contributed by atoms with E-state index in [0.717, 1.165) is 63.1 Å². The van der Waals surface area contributed by atoms with Gasteiger partial charge in [0.1, 0.15) is 17.3 Å². The molecular weight excluding hydrogens is 665 g/mol. The van der Waals surface area contributed by atoms with Crippen molar-refractivity contribution in [2.24, 2.45) is 0 Å². The minimum atomic E-state index is -0.415. The summed E-state index contributed by atoms with van der Waals surface area (Å²) in [7, 11) is 0. The number of anilines is 3. The molecule has 8 rings (SSSR count). The van der Waals surface area contributed by atoms with Crippen molar-refractivity contribution in [1.29, 1.82) is 0 Å². The van der Waals surface area contributed by atoms with E-state index in [1.54, 1.807) is 17.7 Å². The zero-order valence-corrected chi connectivity index (χ0v) is 29.5. The molecule has 3 aromatic heterocycles. The molecule has 4 aliphatic rings. The van der Waals surface area contributed by atoms with Crippen LogP contribution >= 0.6 is 0 Å². The molecule has 1 atom stereocenters. The highest BCUT2D eigenvalue weighted by Gasteiger charge is 2.36. The highest BCUT2D eigenvalue weighted by molar-refractivity contribution is 6.00. The Morgan fingerprint density at radius 1 is 0.981 bits per heavy atom. The van der Waals surface area contributed by atoms with E-state index in [1.807, 2.05) is 35.4 Å². The number of halogens is 1. The standard InChI is InChI=1S/C38H42FN9O4/c1-22-28-18-41-38(44-35(28)48(26-5-3-4-6-26)37(52)33(22)23(2)49)42-31-11-9-27(17-40-31)46-15-13-45(14-16-46)19-25-8-7-24-20-47(21-29(24)34(25)39)30-10-12-32(50)43-36(30)51/h7-9,11,17-18,26,30H,3-6,10,12-16,19-21H2,1-2H3,(H,43,50,51)(H,40,41,42,44). The number of benzene rings is 1. The van der Waals surface area contributed by atoms with Gasteiger partial charge in [0.2, 0.25) is 17.8 Å². The van der Waals surface area contributed by atoms with Gasteiger partial charge in [-0.15, -0.1) is 0 Å². The molecule has 1 aromatic carbocycles. The molecule has 0 spiro atoms. The predicted molar refractivity (Wildman–Crippen MR) is 193 cm³/mol. The number of aryl methyl sites for hydroxylation is 1. The molecule has 0 radical (unpaired) electrons. The van der Waals surface area contributed by atoms with Crippen LogP contribution in [0.25, 0.3) is 11.0 Å². The van der Waals surface area contributed by atoms with E-state index in [-0.39, 0.29) is 40.6 Å². The lowest BCUT2D eigenvalue weighted by atomic mass is 10.0. The summed E-state index contributed by atoms with van der Waals surface area (Å²) in [6.07, 6.45) is 8.06. The Labute approximate surface area is 300 Å². The first-order valence-electron chi connectivity index (χ1n) is 18.1. The van der Waals surface area contributed by atoms with Crippen LogP contribution in [0.3, 0.4) is 0 Å². The van der Waals surface area contributed by atoms with Crippen LogP contribution in [0.15, 0.2) is 41.5 Å². The number of fused-ring (bicyclic) bond motifs is 2. The van der Waals surface area contributed by atoms with Crippen LogP contribution in [0.1, 0.15) is 84.1 Å². The van der Waals surface area contributed by atoms with Crippen LogP contribution in [-0.2, 0) is 29.2 Å². The van der Waals surface area contributed by atoms with Gasteiger partial charge in [0, 0.05) is 81.0 Å². The number of nitrogens with zero attached hydrogens (tertiary/aromatic N) is 7. The van der Waals surface area contributed by atoms with E-state index in [0.29, 0.717) is 72.0 Å². The predicted octanol–water partition coefficient (Wildman–Crippen LogP) is 4.14. The molecule has 6 heterocycles. The summed E-state index contributed by atoms with van der Waals surface area (Å²) in [4.78, 5) is 70.3. The zero-order chi connectivity index (χ0) is 36.1. The number of piperazine rings is 1. The molecule has 52 heavy (non-hydrogen) atoms. The topological polar surface area (TPSA) is 146 Å². The van der Waals surface area contributed by atoms with Gasteiger partial charge in [0.05, 0.1) is 23.5 Å². The third-order valence-corrected chi connectivity index (χ3v) is 11.2. The summed E-state index contributed by atoms with van der Waals surface area (Å²) in [6, 6.07) is 7.29. The van der Waals surface area contributed by atoms with E-state index in [1.165, 1.54) is 6.92 Å². The number of piperidine rings is 1. The van der Waals surface area contributed by atoms with Crippen LogP contribution in [0.4, 0.5) is 21.8 Å². The number of Topliss-reactive ketones (excluding diaryl/α,β-unsaturated/α-hetero) is 1. The molecular formula is C38H42FN9O4. The van der Waals surface area contributed by atoms with Gasteiger partial charge in [0.25, 0.3) is 5.56 Å². The van der Waals surface area contributed by atoms with Gasteiger partial charge in [-0.2, -0.15) is 4.98 Å². The van der Waals surface area contributed by atoms with Gasteiger partial charge >= 0.3 is 0 Å². The number of pyridine rings is 2. The van der Waals surface area contributed by atoms with Crippen molar-refractivity contribution in [3.05, 3.63) is 80.6 Å². The third-order valence-electron chi connectivity index (χ3n) is 11.2. The average Bonchev–Trinajstić information content (AvgIpc) is 3.82. The molecule has 2 N–H and O–H groups in total. The Kier molecular flexibility index (Phi) is 9.04. The van der Waals surface area contributed by atoms with Gasteiger partial charge in [-0.1, -0.05) is 25.0 Å². The van der Waals surface area contributed by atoms with Gasteiger partial charge < -0.3 is 10.2 Å². The number of carbonyl (C=O) groups is 3. The molecule has 3 fully saturated rings. The molecule has 2 amide bonds. The summed E-state index contributed by atoms with van der Waals surface area (Å²) in [5.41, 5.74) is 4.23. The van der Waals surface area contributed by atoms with E-state index >= 15 is 4.39 Å². The smallest absolute Gasteiger partial charge is 0.263 e. The highest BCUT2D eigenvalue weighted by atomic mass is 19.1. The molecule has 1 aliphatic carbocycles. The number of hydrogen-bond acceptors (Lipinski definition) is 11. The number of aromatic nitrogens is 4. The van der Waals surface area contributed by atoms with E-state index in [2.05, 4.69) is 30.4 Å². The first-order chi connectivity index (χ1) is 25.1. The number of nitrogens with one attached hydrogen (secondary N) is 2. The lowest BCUT2D eigenvalue weighted by molar-refractivity contribution is -0.137. The second-order valence-electron chi connectivity index (χ2n) is 14.4. The van der Waals surface area contributed by atoms with Crippen molar-refractivity contribution in [3.63, 3.8) is 0 Å². The largest absolute Gasteiger partial charge is 0.368 e. The lowest BCUT2D eigenvalue weighted by Gasteiger charge is -2.36. The minimum absolute atomic E-state index is 0.000391. The van der Waals surface area contributed by atoms with Gasteiger partial charge in [0.15, 0.2) is 5.78 Å². The molecule has 14 heteroatoms. The number of ketones is 1. The Bertz CT molecular complexity index is 2140. The van der Waals surface area contributed by atoms with E-state index in [4.69, 9.17) is 4.98 Å². The van der Waals surface area contributed by atoms with Crippen LogP contribution in [0, 0.1) is 12.7 Å². The van der Waals surface area contributed by atoms with Crippen molar-refractivity contribution in [3.8, 4) is 0 Å². The van der Waals surface area contributed by atoms with E-state index in [9.17, 15) is 19.2 Å². The maximum absolute atomic E-state index is 15.7. The third kappa shape index (κ3) is 6.34. The van der Waals surface area contributed by atoms with Crippen LogP contribution in [-0.4, -0.2) is 79.1 Å². The molecule has 1 saturated carbocycles. The second-order valence-corrected chi connectivity index (χ2v) is 14.4. The Morgan fingerprint density at radius 3 is 2.48 bits per heavy atom. The fraction of sp³-hybridized carbons (Fsp3) is 0.447. The number of carbonyl (C=O) groups excluding carboxylic acids is 3. The molecule has 3 aliphatic heterocycles. The number of amides is 2. The van der Waals surface area contributed by atoms with Crippen molar-refractivity contribution in [2.45, 2.75) is 84.1 Å². The SMILES string of the molecule is CC(=O)c1c(C)c2cnc(Nc3ccc(N4CCN(Cc5ccc6c(c5F)CN(C5CCC(=O)NC5=O)C6)CC4)cn3)nc2n(C2CCCC2)c1=O. The van der Waals surface area contributed by atoms with Crippen molar-refractivity contribution < 1.29 is 18.8 Å². The first-order valence-corrected chi connectivity index (χ1v) is 18.1. The van der Waals surface area contributed by atoms with Crippen LogP contribution in [0.5, 0.6) is 0 Å². The summed E-state index contributed by atoms with van der Waals surface area (Å²) in [6.45, 7) is 7.62. The van der Waals surface area contributed by atoms with E-state index < -0.39 is 6.04 Å². The van der Waals surface area contributed by atoms with Gasteiger partial charge in [-0.05, 0) is 56.4 Å². The average molecular weight is 708 g/mol. The fourth-order valence-corrected chi connectivity index (χ4v) is 8.36. The second kappa shape index (κ2) is 13.8. The van der Waals surface area contributed by atoms with Gasteiger partial charge in [-0.3, -0.25) is 38.9 Å². The molecule has 0 bridgehead atoms. The first kappa shape index (κ1) is 34.0. The monoisotopic (exact) mass is 707 g/mol. The highest BCUT2D eigenvalue weighted by Crippen LogP contribution is 2.33. The molecule has 1 unspecified atom stereocenters. The normalized spacial score (nSPS) is 20.1. The number of imide groups is 1. The number of hydrogen-bond donors (Lipinski definition) is 2. The maximum atomic E-state index is 15.7. The Balaban J connectivity index is 0.903. The van der Waals surface area contributed by atoms with Crippen molar-refractivity contribution in [2.75, 3.05) is 36.4 Å². The zero-order valence-electron chi connectivity index (χ0n) is 29.5. The van der Waals surface area contributed by atoms with Crippen LogP contribution in [0.2, 0.25) is 0 Å². The summed E-state index contributed by atoms with van der Waals surface area (Å²) >= 11 is 0.